The van der Waals surface area contributed by atoms with Crippen LogP contribution in [0.25, 0.3) is 11.0 Å². The number of fused-ring (bicyclic) bond motifs is 1. The van der Waals surface area contributed by atoms with E-state index in [-0.39, 0.29) is 6.10 Å². The van der Waals surface area contributed by atoms with Crippen LogP contribution < -0.4 is 0 Å². The highest BCUT2D eigenvalue weighted by Gasteiger charge is 2.47. The van der Waals surface area contributed by atoms with E-state index < -0.39 is 5.79 Å². The summed E-state index contributed by atoms with van der Waals surface area (Å²) in [6.45, 7) is 3.87. The summed E-state index contributed by atoms with van der Waals surface area (Å²) in [5.74, 6) is -0.410. The molecule has 0 bridgehead atoms. The zero-order chi connectivity index (χ0) is 16.4. The fourth-order valence-electron chi connectivity index (χ4n) is 2.88. The Labute approximate surface area is 139 Å². The van der Waals surface area contributed by atoms with Crippen LogP contribution in [0.3, 0.4) is 0 Å². The summed E-state index contributed by atoms with van der Waals surface area (Å²) in [6.07, 6.45) is 2.97. The molecular weight excluding hydrogens is 310 g/mol. The molecule has 0 N–H and O–H groups in total. The Morgan fingerprint density at radius 1 is 1.38 bits per heavy atom. The molecule has 3 aromatic rings. The molecule has 126 valence electrons. The lowest BCUT2D eigenvalue weighted by atomic mass is 10.2. The molecule has 0 spiro atoms. The fourth-order valence-corrected chi connectivity index (χ4v) is 2.88. The Morgan fingerprint density at radius 2 is 2.29 bits per heavy atom. The van der Waals surface area contributed by atoms with Crippen molar-refractivity contribution in [1.82, 2.24) is 14.8 Å². The SMILES string of the molecule is CCOC[C@H]1CO[C@@](Cn2cncn2)(c2cc3ccccc3o2)O1. The van der Waals surface area contributed by atoms with Gasteiger partial charge in [0, 0.05) is 12.0 Å². The van der Waals surface area contributed by atoms with Crippen LogP contribution in [-0.2, 0) is 26.5 Å². The Hall–Kier alpha value is -2.22. The highest BCUT2D eigenvalue weighted by Crippen LogP contribution is 2.38. The van der Waals surface area contributed by atoms with Gasteiger partial charge in [0.15, 0.2) is 5.76 Å². The average Bonchev–Trinajstić information content (AvgIpc) is 3.33. The van der Waals surface area contributed by atoms with Crippen LogP contribution in [0.15, 0.2) is 47.4 Å². The lowest BCUT2D eigenvalue weighted by Crippen LogP contribution is -2.34. The minimum absolute atomic E-state index is 0.151. The lowest BCUT2D eigenvalue weighted by molar-refractivity contribution is -0.203. The van der Waals surface area contributed by atoms with Gasteiger partial charge in [-0.3, -0.25) is 0 Å². The first-order chi connectivity index (χ1) is 11.8. The van der Waals surface area contributed by atoms with E-state index in [1.165, 1.54) is 6.33 Å². The highest BCUT2D eigenvalue weighted by atomic mass is 16.8. The van der Waals surface area contributed by atoms with Gasteiger partial charge in [0.05, 0.1) is 13.2 Å². The van der Waals surface area contributed by atoms with Gasteiger partial charge >= 0.3 is 0 Å². The Morgan fingerprint density at radius 3 is 3.08 bits per heavy atom. The Kier molecular flexibility index (Phi) is 4.05. The summed E-state index contributed by atoms with van der Waals surface area (Å²) in [6, 6.07) is 9.79. The van der Waals surface area contributed by atoms with Crippen LogP contribution in [0.1, 0.15) is 12.7 Å². The van der Waals surface area contributed by atoms with Crippen molar-refractivity contribution in [2.75, 3.05) is 19.8 Å². The summed E-state index contributed by atoms with van der Waals surface area (Å²) >= 11 is 0. The second kappa shape index (κ2) is 6.35. The van der Waals surface area contributed by atoms with Crippen LogP contribution in [-0.4, -0.2) is 40.7 Å². The number of hydrogen-bond acceptors (Lipinski definition) is 6. The number of ether oxygens (including phenoxy) is 3. The molecule has 1 saturated heterocycles. The maximum absolute atomic E-state index is 6.21. The maximum Gasteiger partial charge on any atom is 0.249 e. The molecule has 1 aliphatic rings. The largest absolute Gasteiger partial charge is 0.455 e. The normalized spacial score (nSPS) is 24.0. The minimum Gasteiger partial charge on any atom is -0.455 e. The number of aromatic nitrogens is 3. The van der Waals surface area contributed by atoms with E-state index in [0.717, 1.165) is 11.0 Å². The number of hydrogen-bond donors (Lipinski definition) is 0. The molecular formula is C17H19N3O4. The van der Waals surface area contributed by atoms with Gasteiger partial charge in [-0.25, -0.2) is 9.67 Å². The molecule has 0 aliphatic carbocycles. The van der Waals surface area contributed by atoms with Gasteiger partial charge in [0.1, 0.15) is 30.9 Å². The van der Waals surface area contributed by atoms with Crippen molar-refractivity contribution in [1.29, 1.82) is 0 Å². The molecule has 0 saturated carbocycles. The summed E-state index contributed by atoms with van der Waals surface area (Å²) in [4.78, 5) is 3.99. The number of furan rings is 1. The molecule has 7 nitrogen and oxygen atoms in total. The summed E-state index contributed by atoms with van der Waals surface area (Å²) < 4.78 is 25.4. The lowest BCUT2D eigenvalue weighted by Gasteiger charge is -2.25. The zero-order valence-electron chi connectivity index (χ0n) is 13.4. The molecule has 2 aromatic heterocycles. The predicted molar refractivity (Wildman–Crippen MR) is 85.2 cm³/mol. The van der Waals surface area contributed by atoms with Gasteiger partial charge in [-0.15, -0.1) is 0 Å². The fraction of sp³-hybridized carbons (Fsp3) is 0.412. The first kappa shape index (κ1) is 15.3. The molecule has 1 fully saturated rings. The maximum atomic E-state index is 6.21. The molecule has 1 aliphatic heterocycles. The highest BCUT2D eigenvalue weighted by molar-refractivity contribution is 5.77. The standard InChI is InChI=1S/C17H19N3O4/c1-2-21-8-14-9-22-17(24-14,10-20-12-18-11-19-20)16-7-13-5-3-4-6-15(13)23-16/h3-7,11-12,14H,2,8-10H2,1H3/t14-,17+/m0/s1. The molecule has 3 heterocycles. The van der Waals surface area contributed by atoms with Crippen molar-refractivity contribution in [3.05, 3.63) is 48.7 Å². The van der Waals surface area contributed by atoms with Crippen molar-refractivity contribution in [2.45, 2.75) is 25.4 Å². The minimum atomic E-state index is -1.03. The van der Waals surface area contributed by atoms with Gasteiger partial charge in [-0.1, -0.05) is 18.2 Å². The van der Waals surface area contributed by atoms with E-state index in [9.17, 15) is 0 Å². The molecule has 1 aromatic carbocycles. The molecule has 0 amide bonds. The first-order valence-corrected chi connectivity index (χ1v) is 8.00. The van der Waals surface area contributed by atoms with Crippen molar-refractivity contribution in [3.63, 3.8) is 0 Å². The van der Waals surface area contributed by atoms with Crippen LogP contribution in [0, 0.1) is 0 Å². The Balaban J connectivity index is 1.67. The van der Waals surface area contributed by atoms with Gasteiger partial charge in [-0.2, -0.15) is 5.10 Å². The van der Waals surface area contributed by atoms with E-state index in [4.69, 9.17) is 18.6 Å². The predicted octanol–water partition coefficient (Wildman–Crippen LogP) is 2.33. The van der Waals surface area contributed by atoms with Crippen LogP contribution in [0.2, 0.25) is 0 Å². The third-order valence-electron chi connectivity index (χ3n) is 4.00. The molecule has 4 rings (SSSR count). The number of benzene rings is 1. The third kappa shape index (κ3) is 2.82. The van der Waals surface area contributed by atoms with Crippen molar-refractivity contribution in [2.24, 2.45) is 0 Å². The van der Waals surface area contributed by atoms with Gasteiger partial charge in [-0.05, 0) is 19.1 Å². The molecule has 0 unspecified atom stereocenters. The molecule has 2 atom stereocenters. The summed E-state index contributed by atoms with van der Waals surface area (Å²) in [5.41, 5.74) is 0.797. The van der Waals surface area contributed by atoms with E-state index in [1.807, 2.05) is 37.3 Å². The van der Waals surface area contributed by atoms with Gasteiger partial charge in [0.25, 0.3) is 0 Å². The van der Waals surface area contributed by atoms with E-state index in [2.05, 4.69) is 10.1 Å². The Bertz CT molecular complexity index is 768. The third-order valence-corrected chi connectivity index (χ3v) is 4.00. The second-order valence-corrected chi connectivity index (χ2v) is 5.70. The summed E-state index contributed by atoms with van der Waals surface area (Å²) in [5, 5.41) is 5.17. The van der Waals surface area contributed by atoms with Crippen molar-refractivity contribution >= 4 is 11.0 Å². The topological polar surface area (TPSA) is 71.5 Å². The smallest absolute Gasteiger partial charge is 0.249 e. The van der Waals surface area contributed by atoms with E-state index in [0.29, 0.717) is 32.1 Å². The summed E-state index contributed by atoms with van der Waals surface area (Å²) in [7, 11) is 0. The number of para-hydroxylation sites is 1. The number of nitrogens with zero attached hydrogens (tertiary/aromatic N) is 3. The van der Waals surface area contributed by atoms with Crippen LogP contribution in [0.5, 0.6) is 0 Å². The van der Waals surface area contributed by atoms with Crippen molar-refractivity contribution < 1.29 is 18.6 Å². The van der Waals surface area contributed by atoms with Crippen molar-refractivity contribution in [3.8, 4) is 0 Å². The molecule has 0 radical (unpaired) electrons. The quantitative estimate of drug-likeness (QED) is 0.691. The number of rotatable bonds is 6. The monoisotopic (exact) mass is 329 g/mol. The van der Waals surface area contributed by atoms with Gasteiger partial charge in [0.2, 0.25) is 5.79 Å². The second-order valence-electron chi connectivity index (χ2n) is 5.70. The zero-order valence-corrected chi connectivity index (χ0v) is 13.4. The van der Waals surface area contributed by atoms with Crippen LogP contribution in [0.4, 0.5) is 0 Å². The van der Waals surface area contributed by atoms with Gasteiger partial charge < -0.3 is 18.6 Å². The molecule has 24 heavy (non-hydrogen) atoms. The van der Waals surface area contributed by atoms with E-state index in [1.54, 1.807) is 11.0 Å². The van der Waals surface area contributed by atoms with E-state index >= 15 is 0 Å². The average molecular weight is 329 g/mol. The molecule has 7 heteroatoms. The van der Waals surface area contributed by atoms with Crippen LogP contribution >= 0.6 is 0 Å². The first-order valence-electron chi connectivity index (χ1n) is 8.00.